The number of hydrogen-bond donors (Lipinski definition) is 0. The maximum Gasteiger partial charge on any atom is 0.109 e. The normalized spacial score (nSPS) is 18.7. The molecule has 2 atom stereocenters. The quantitative estimate of drug-likeness (QED) is 0.533. The van der Waals surface area contributed by atoms with Gasteiger partial charge in [0.25, 0.3) is 0 Å². The first-order valence-corrected chi connectivity index (χ1v) is 5.52. The zero-order valence-corrected chi connectivity index (χ0v) is 9.61. The Morgan fingerprint density at radius 2 is 1.92 bits per heavy atom. The lowest BCUT2D eigenvalue weighted by Crippen LogP contribution is -2.12. The van der Waals surface area contributed by atoms with Crippen LogP contribution in [0.5, 0.6) is 0 Å². The second-order valence-electron chi connectivity index (χ2n) is 4.99. The van der Waals surface area contributed by atoms with Gasteiger partial charge in [0.05, 0.1) is 0 Å². The monoisotopic (exact) mass is 168 g/mol. The zero-order chi connectivity index (χ0) is 9.61. The molecule has 0 aliphatic carbocycles. The molecule has 0 aromatic rings. The number of rotatable bonds is 6. The highest BCUT2D eigenvalue weighted by atomic mass is 14.2. The molecule has 0 rings (SSSR count). The molecule has 0 aliphatic heterocycles. The topological polar surface area (TPSA) is 0 Å². The van der Waals surface area contributed by atoms with Crippen molar-refractivity contribution >= 4 is 7.85 Å². The second-order valence-corrected chi connectivity index (χ2v) is 4.99. The van der Waals surface area contributed by atoms with Gasteiger partial charge in [-0.15, -0.1) is 0 Å². The molecule has 0 aromatic heterocycles. The van der Waals surface area contributed by atoms with Gasteiger partial charge in [-0.1, -0.05) is 65.1 Å². The van der Waals surface area contributed by atoms with Crippen molar-refractivity contribution in [2.24, 2.45) is 5.92 Å². The molecule has 0 aliphatic rings. The summed E-state index contributed by atoms with van der Waals surface area (Å²) in [7, 11) is 2.41. The standard InChI is InChI=1S/C11H25B/c1-5-7-8-11(4,12)9-10(3)6-2/h10H,5-9,12H2,1-4H3. The Morgan fingerprint density at radius 3 is 2.33 bits per heavy atom. The van der Waals surface area contributed by atoms with E-state index in [1.807, 2.05) is 0 Å². The molecule has 1 heteroatoms. The molecule has 0 spiro atoms. The van der Waals surface area contributed by atoms with Crippen LogP contribution in [0.4, 0.5) is 0 Å². The van der Waals surface area contributed by atoms with E-state index in [4.69, 9.17) is 0 Å². The van der Waals surface area contributed by atoms with Gasteiger partial charge in [0, 0.05) is 0 Å². The molecule has 72 valence electrons. The molecule has 0 saturated heterocycles. The highest BCUT2D eigenvalue weighted by molar-refractivity contribution is 6.14. The molecular weight excluding hydrogens is 143 g/mol. The molecule has 0 saturated carbocycles. The van der Waals surface area contributed by atoms with Crippen LogP contribution in [-0.2, 0) is 0 Å². The van der Waals surface area contributed by atoms with E-state index < -0.39 is 0 Å². The largest absolute Gasteiger partial charge is 0.109 e. The van der Waals surface area contributed by atoms with E-state index in [-0.39, 0.29) is 0 Å². The van der Waals surface area contributed by atoms with Gasteiger partial charge in [-0.05, 0) is 5.92 Å². The molecule has 0 N–H and O–H groups in total. The van der Waals surface area contributed by atoms with Crippen LogP contribution in [0.15, 0.2) is 0 Å². The fourth-order valence-corrected chi connectivity index (χ4v) is 1.85. The Morgan fingerprint density at radius 1 is 1.33 bits per heavy atom. The Bertz CT molecular complexity index is 108. The third kappa shape index (κ3) is 5.68. The first-order valence-electron chi connectivity index (χ1n) is 5.52. The summed E-state index contributed by atoms with van der Waals surface area (Å²) in [6, 6.07) is 0. The molecule has 0 aromatic carbocycles. The summed E-state index contributed by atoms with van der Waals surface area (Å²) in [5.41, 5.74) is 0. The lowest BCUT2D eigenvalue weighted by atomic mass is 9.63. The molecule has 12 heavy (non-hydrogen) atoms. The lowest BCUT2D eigenvalue weighted by Gasteiger charge is -2.27. The highest BCUT2D eigenvalue weighted by Crippen LogP contribution is 2.36. The third-order valence-electron chi connectivity index (χ3n) is 2.81. The summed E-state index contributed by atoms with van der Waals surface area (Å²) in [6.45, 7) is 9.35. The second kappa shape index (κ2) is 5.67. The van der Waals surface area contributed by atoms with Crippen molar-refractivity contribution in [3.05, 3.63) is 0 Å². The zero-order valence-electron chi connectivity index (χ0n) is 9.61. The minimum Gasteiger partial charge on any atom is -0.0669 e. The molecule has 0 heterocycles. The SMILES string of the molecule is BC(C)(CCCC)CC(C)CC. The molecule has 0 amide bonds. The van der Waals surface area contributed by atoms with E-state index in [0.717, 1.165) is 5.92 Å². The van der Waals surface area contributed by atoms with Crippen LogP contribution >= 0.6 is 0 Å². The van der Waals surface area contributed by atoms with Crippen LogP contribution in [-0.4, -0.2) is 7.85 Å². The minimum absolute atomic E-state index is 0.575. The summed E-state index contributed by atoms with van der Waals surface area (Å²) in [4.78, 5) is 0. The summed E-state index contributed by atoms with van der Waals surface area (Å²) in [6.07, 6.45) is 6.85. The summed E-state index contributed by atoms with van der Waals surface area (Å²) < 4.78 is 0. The molecular formula is C11H25B. The van der Waals surface area contributed by atoms with E-state index in [2.05, 4.69) is 35.5 Å². The van der Waals surface area contributed by atoms with Crippen LogP contribution in [0.25, 0.3) is 0 Å². The average Bonchev–Trinajstić information content (AvgIpc) is 2.00. The summed E-state index contributed by atoms with van der Waals surface area (Å²) >= 11 is 0. The molecule has 0 bridgehead atoms. The van der Waals surface area contributed by atoms with Gasteiger partial charge in [0.1, 0.15) is 7.85 Å². The first-order chi connectivity index (χ1) is 5.52. The van der Waals surface area contributed by atoms with Crippen molar-refractivity contribution < 1.29 is 0 Å². The average molecular weight is 168 g/mol. The Labute approximate surface area is 79.5 Å². The summed E-state index contributed by atoms with van der Waals surface area (Å²) in [5.74, 6) is 0.900. The van der Waals surface area contributed by atoms with E-state index in [1.165, 1.54) is 32.1 Å². The Balaban J connectivity index is 3.69. The fourth-order valence-electron chi connectivity index (χ4n) is 1.85. The van der Waals surface area contributed by atoms with Crippen molar-refractivity contribution in [2.45, 2.75) is 65.1 Å². The van der Waals surface area contributed by atoms with E-state index in [9.17, 15) is 0 Å². The van der Waals surface area contributed by atoms with Gasteiger partial charge in [-0.3, -0.25) is 0 Å². The Kier molecular flexibility index (Phi) is 5.70. The van der Waals surface area contributed by atoms with Gasteiger partial charge < -0.3 is 0 Å². The van der Waals surface area contributed by atoms with Crippen molar-refractivity contribution in [1.82, 2.24) is 0 Å². The van der Waals surface area contributed by atoms with Crippen molar-refractivity contribution in [3.63, 3.8) is 0 Å². The smallest absolute Gasteiger partial charge is 0.0669 e. The maximum absolute atomic E-state index is 2.41. The number of unbranched alkanes of at least 4 members (excludes halogenated alkanes) is 1. The van der Waals surface area contributed by atoms with E-state index in [0.29, 0.717) is 5.31 Å². The van der Waals surface area contributed by atoms with Gasteiger partial charge in [0.15, 0.2) is 0 Å². The highest BCUT2D eigenvalue weighted by Gasteiger charge is 2.19. The van der Waals surface area contributed by atoms with Crippen LogP contribution in [0.1, 0.15) is 59.8 Å². The van der Waals surface area contributed by atoms with Crippen molar-refractivity contribution in [3.8, 4) is 0 Å². The fraction of sp³-hybridized carbons (Fsp3) is 1.00. The minimum atomic E-state index is 0.575. The van der Waals surface area contributed by atoms with Crippen LogP contribution in [0.3, 0.4) is 0 Å². The predicted octanol–water partition coefficient (Wildman–Crippen LogP) is 3.42. The van der Waals surface area contributed by atoms with Crippen LogP contribution in [0.2, 0.25) is 5.31 Å². The predicted molar refractivity (Wildman–Crippen MR) is 60.5 cm³/mol. The lowest BCUT2D eigenvalue weighted by molar-refractivity contribution is 0.395. The molecule has 0 radical (unpaired) electrons. The van der Waals surface area contributed by atoms with Crippen molar-refractivity contribution in [2.75, 3.05) is 0 Å². The third-order valence-corrected chi connectivity index (χ3v) is 2.81. The number of hydrogen-bond acceptors (Lipinski definition) is 0. The van der Waals surface area contributed by atoms with Gasteiger partial charge in [0.2, 0.25) is 0 Å². The molecule has 2 unspecified atom stereocenters. The van der Waals surface area contributed by atoms with Crippen LogP contribution in [0, 0.1) is 5.92 Å². The van der Waals surface area contributed by atoms with Gasteiger partial charge in [-0.2, -0.15) is 0 Å². The molecule has 0 fully saturated rings. The van der Waals surface area contributed by atoms with Crippen LogP contribution < -0.4 is 0 Å². The van der Waals surface area contributed by atoms with Gasteiger partial charge >= 0.3 is 0 Å². The van der Waals surface area contributed by atoms with Crippen molar-refractivity contribution in [1.29, 1.82) is 0 Å². The molecule has 0 nitrogen and oxygen atoms in total. The Hall–Kier alpha value is 0.0649. The van der Waals surface area contributed by atoms with E-state index in [1.54, 1.807) is 0 Å². The van der Waals surface area contributed by atoms with E-state index >= 15 is 0 Å². The van der Waals surface area contributed by atoms with Gasteiger partial charge in [-0.25, -0.2) is 0 Å². The summed E-state index contributed by atoms with van der Waals surface area (Å²) in [5, 5.41) is 0.575. The maximum atomic E-state index is 2.41. The first kappa shape index (κ1) is 12.1.